The number of rotatable bonds is 3. The average Bonchev–Trinajstić information content (AvgIpc) is 3.06. The van der Waals surface area contributed by atoms with E-state index in [1.807, 2.05) is 28.8 Å². The van der Waals surface area contributed by atoms with Crippen LogP contribution in [0.5, 0.6) is 5.75 Å². The summed E-state index contributed by atoms with van der Waals surface area (Å²) in [4.78, 5) is 16.6. The van der Waals surface area contributed by atoms with E-state index in [-0.39, 0.29) is 11.2 Å². The van der Waals surface area contributed by atoms with Crippen LogP contribution in [-0.2, 0) is 11.8 Å². The van der Waals surface area contributed by atoms with E-state index in [0.717, 1.165) is 58.9 Å². The van der Waals surface area contributed by atoms with Crippen molar-refractivity contribution in [2.75, 3.05) is 7.11 Å². The van der Waals surface area contributed by atoms with Crippen molar-refractivity contribution in [1.82, 2.24) is 14.6 Å². The predicted molar refractivity (Wildman–Crippen MR) is 94.2 cm³/mol. The normalized spacial score (nSPS) is 17.8. The van der Waals surface area contributed by atoms with Crippen molar-refractivity contribution in [2.24, 2.45) is 0 Å². The number of benzene rings is 1. The minimum atomic E-state index is 0.0959. The third kappa shape index (κ3) is 2.11. The van der Waals surface area contributed by atoms with E-state index in [1.165, 1.54) is 0 Å². The van der Waals surface area contributed by atoms with Gasteiger partial charge >= 0.3 is 0 Å². The van der Waals surface area contributed by atoms with Gasteiger partial charge in [0, 0.05) is 23.0 Å². The van der Waals surface area contributed by atoms with Crippen molar-refractivity contribution < 1.29 is 9.53 Å². The van der Waals surface area contributed by atoms with E-state index in [9.17, 15) is 4.79 Å². The van der Waals surface area contributed by atoms with Gasteiger partial charge in [0.1, 0.15) is 0 Å². The highest BCUT2D eigenvalue weighted by Gasteiger charge is 2.43. The molecule has 0 unspecified atom stereocenters. The smallest absolute Gasteiger partial charge is 0.198 e. The summed E-state index contributed by atoms with van der Waals surface area (Å²) in [6.07, 6.45) is 3.69. The molecule has 2 aliphatic rings. The van der Waals surface area contributed by atoms with Crippen LogP contribution in [0, 0.1) is 0 Å². The number of ketones is 1. The zero-order valence-electron chi connectivity index (χ0n) is 14.4. The molecular formula is C20H19N3O2. The van der Waals surface area contributed by atoms with Gasteiger partial charge in [-0.15, -0.1) is 5.10 Å². The van der Waals surface area contributed by atoms with Crippen LogP contribution in [0.2, 0.25) is 0 Å². The molecule has 2 aliphatic carbocycles. The zero-order chi connectivity index (χ0) is 17.2. The second kappa shape index (κ2) is 4.91. The Balaban J connectivity index is 1.71. The van der Waals surface area contributed by atoms with Gasteiger partial charge in [-0.05, 0) is 43.0 Å². The largest absolute Gasteiger partial charge is 0.493 e. The molecule has 25 heavy (non-hydrogen) atoms. The van der Waals surface area contributed by atoms with Gasteiger partial charge in [-0.25, -0.2) is 9.50 Å². The van der Waals surface area contributed by atoms with Crippen LogP contribution >= 0.6 is 0 Å². The van der Waals surface area contributed by atoms with E-state index in [2.05, 4.69) is 13.0 Å². The molecule has 0 radical (unpaired) electrons. The number of carbonyl (C=O) groups excluding carboxylic acids is 1. The van der Waals surface area contributed by atoms with Crippen LogP contribution in [0.1, 0.15) is 47.9 Å². The highest BCUT2D eigenvalue weighted by molar-refractivity contribution is 6.00. The number of pyridine rings is 1. The molecule has 1 saturated carbocycles. The summed E-state index contributed by atoms with van der Waals surface area (Å²) in [5.74, 6) is 1.85. The molecule has 0 amide bonds. The van der Waals surface area contributed by atoms with E-state index >= 15 is 0 Å². The maximum Gasteiger partial charge on any atom is 0.198 e. The lowest BCUT2D eigenvalue weighted by Gasteiger charge is -2.09. The van der Waals surface area contributed by atoms with Crippen molar-refractivity contribution >= 4 is 11.4 Å². The maximum atomic E-state index is 11.9. The second-order valence-corrected chi connectivity index (χ2v) is 7.31. The molecule has 2 aromatic heterocycles. The van der Waals surface area contributed by atoms with Gasteiger partial charge in [0.15, 0.2) is 23.0 Å². The number of hydrogen-bond donors (Lipinski definition) is 0. The topological polar surface area (TPSA) is 56.5 Å². The summed E-state index contributed by atoms with van der Waals surface area (Å²) in [6.45, 7) is 2.20. The summed E-state index contributed by atoms with van der Waals surface area (Å²) in [5, 5.41) is 4.80. The number of hydrogen-bond acceptors (Lipinski definition) is 4. The Labute approximate surface area is 145 Å². The number of ether oxygens (including phenoxy) is 1. The van der Waals surface area contributed by atoms with Crippen molar-refractivity contribution in [2.45, 2.75) is 38.0 Å². The van der Waals surface area contributed by atoms with Gasteiger partial charge in [-0.1, -0.05) is 19.1 Å². The molecule has 0 bridgehead atoms. The van der Waals surface area contributed by atoms with Gasteiger partial charge in [-0.3, -0.25) is 4.79 Å². The van der Waals surface area contributed by atoms with Gasteiger partial charge in [0.05, 0.1) is 12.8 Å². The van der Waals surface area contributed by atoms with E-state index < -0.39 is 0 Å². The fourth-order valence-corrected chi connectivity index (χ4v) is 3.60. The molecule has 0 atom stereocenters. The van der Waals surface area contributed by atoms with Crippen LogP contribution < -0.4 is 4.74 Å². The minimum Gasteiger partial charge on any atom is -0.493 e. The summed E-state index contributed by atoms with van der Waals surface area (Å²) in [6, 6.07) is 10.0. The third-order valence-electron chi connectivity index (χ3n) is 5.53. The highest BCUT2D eigenvalue weighted by Crippen LogP contribution is 2.46. The van der Waals surface area contributed by atoms with Gasteiger partial charge in [0.25, 0.3) is 0 Å². The van der Waals surface area contributed by atoms with Crippen LogP contribution in [-0.4, -0.2) is 27.5 Å². The van der Waals surface area contributed by atoms with E-state index in [0.29, 0.717) is 6.42 Å². The van der Waals surface area contributed by atoms with Crippen LogP contribution in [0.25, 0.3) is 16.9 Å². The molecule has 126 valence electrons. The first-order valence-corrected chi connectivity index (χ1v) is 8.70. The summed E-state index contributed by atoms with van der Waals surface area (Å²) >= 11 is 0. The first kappa shape index (κ1) is 14.6. The zero-order valence-corrected chi connectivity index (χ0v) is 14.4. The maximum absolute atomic E-state index is 11.9. The third-order valence-corrected chi connectivity index (χ3v) is 5.53. The van der Waals surface area contributed by atoms with Crippen molar-refractivity contribution in [1.29, 1.82) is 0 Å². The van der Waals surface area contributed by atoms with Crippen LogP contribution in [0.15, 0.2) is 30.3 Å². The molecule has 0 spiro atoms. The molecular weight excluding hydrogens is 314 g/mol. The van der Waals surface area contributed by atoms with Gasteiger partial charge in [0.2, 0.25) is 0 Å². The molecule has 1 fully saturated rings. The predicted octanol–water partition coefficient (Wildman–Crippen LogP) is 3.59. The molecule has 1 aromatic carbocycles. The number of aryl methyl sites for hydroxylation is 1. The lowest BCUT2D eigenvalue weighted by molar-refractivity contribution is 0.0994. The first-order valence-electron chi connectivity index (χ1n) is 8.70. The summed E-state index contributed by atoms with van der Waals surface area (Å²) < 4.78 is 7.37. The Morgan fingerprint density at radius 2 is 2.00 bits per heavy atom. The standard InChI is InChI=1S/C20H19N3O2/c1-20(9-10-20)19-21-18-17(25-2)8-6-15(23(18)22-19)13-3-5-14-12(11-13)4-7-16(14)24/h3,5-6,8,11H,4,7,9-10H2,1-2H3. The van der Waals surface area contributed by atoms with Gasteiger partial charge in [-0.2, -0.15) is 0 Å². The number of nitrogens with zero attached hydrogens (tertiary/aromatic N) is 3. The molecule has 0 aliphatic heterocycles. The Kier molecular flexibility index (Phi) is 2.87. The Morgan fingerprint density at radius 1 is 1.16 bits per heavy atom. The molecule has 0 N–H and O–H groups in total. The number of methoxy groups -OCH3 is 1. The first-order chi connectivity index (χ1) is 12.1. The van der Waals surface area contributed by atoms with Gasteiger partial charge < -0.3 is 4.74 Å². The quantitative estimate of drug-likeness (QED) is 0.735. The number of aromatic nitrogens is 3. The average molecular weight is 333 g/mol. The molecule has 5 rings (SSSR count). The van der Waals surface area contributed by atoms with Crippen LogP contribution in [0.3, 0.4) is 0 Å². The second-order valence-electron chi connectivity index (χ2n) is 7.31. The summed E-state index contributed by atoms with van der Waals surface area (Å²) in [5.41, 5.74) is 4.86. The highest BCUT2D eigenvalue weighted by atomic mass is 16.5. The fourth-order valence-electron chi connectivity index (χ4n) is 3.60. The Morgan fingerprint density at radius 3 is 2.76 bits per heavy atom. The fraction of sp³-hybridized carbons (Fsp3) is 0.350. The molecule has 5 nitrogen and oxygen atoms in total. The molecule has 2 heterocycles. The Bertz CT molecular complexity index is 1030. The number of carbonyl (C=O) groups is 1. The summed E-state index contributed by atoms with van der Waals surface area (Å²) in [7, 11) is 1.66. The molecule has 0 saturated heterocycles. The Hall–Kier alpha value is -2.69. The van der Waals surface area contributed by atoms with E-state index in [1.54, 1.807) is 7.11 Å². The van der Waals surface area contributed by atoms with E-state index in [4.69, 9.17) is 14.8 Å². The minimum absolute atomic E-state index is 0.0959. The SMILES string of the molecule is COc1ccc(-c2ccc3c(c2)CCC3=O)n2nc(C3(C)CC3)nc12. The number of Topliss-reactive ketones (excluding diaryl/α,β-unsaturated/α-hetero) is 1. The molecule has 3 aromatic rings. The van der Waals surface area contributed by atoms with Crippen molar-refractivity contribution in [3.63, 3.8) is 0 Å². The van der Waals surface area contributed by atoms with Crippen molar-refractivity contribution in [3.05, 3.63) is 47.3 Å². The number of fused-ring (bicyclic) bond motifs is 2. The lowest BCUT2D eigenvalue weighted by atomic mass is 10.0. The lowest BCUT2D eigenvalue weighted by Crippen LogP contribution is -2.03. The molecule has 5 heteroatoms. The monoisotopic (exact) mass is 333 g/mol. The van der Waals surface area contributed by atoms with Crippen LogP contribution in [0.4, 0.5) is 0 Å². The van der Waals surface area contributed by atoms with Crippen molar-refractivity contribution in [3.8, 4) is 17.0 Å².